The molecule has 0 aromatic heterocycles. The van der Waals surface area contributed by atoms with Crippen molar-refractivity contribution in [1.82, 2.24) is 9.80 Å². The van der Waals surface area contributed by atoms with Crippen LogP contribution in [0.15, 0.2) is 30.3 Å². The lowest BCUT2D eigenvalue weighted by molar-refractivity contribution is -0.154. The predicted octanol–water partition coefficient (Wildman–Crippen LogP) is 1.58. The molecule has 1 aliphatic rings. The molecule has 0 radical (unpaired) electrons. The molecule has 1 aliphatic heterocycles. The Morgan fingerprint density at radius 1 is 1.43 bits per heavy atom. The maximum absolute atomic E-state index is 11.8. The van der Waals surface area contributed by atoms with Gasteiger partial charge in [0.2, 0.25) is 6.41 Å². The number of carboxylic acids is 1. The van der Waals surface area contributed by atoms with Crippen LogP contribution in [-0.4, -0.2) is 52.5 Å². The molecule has 1 atom stereocenters. The van der Waals surface area contributed by atoms with Gasteiger partial charge in [-0.2, -0.15) is 0 Å². The first-order valence-corrected chi connectivity index (χ1v) is 7.34. The Labute approximate surface area is 125 Å². The average molecular weight is 290 g/mol. The van der Waals surface area contributed by atoms with Crippen LogP contribution in [0.25, 0.3) is 0 Å². The maximum Gasteiger partial charge on any atom is 0.331 e. The SMILES string of the molecule is CCCN(C=O)C1(C(=O)O)CCN(Cc2ccccc2)C1. The van der Waals surface area contributed by atoms with E-state index in [1.54, 1.807) is 0 Å². The van der Waals surface area contributed by atoms with Crippen molar-refractivity contribution < 1.29 is 14.7 Å². The first kappa shape index (κ1) is 15.5. The summed E-state index contributed by atoms with van der Waals surface area (Å²) in [4.78, 5) is 26.6. The molecule has 1 saturated heterocycles. The molecule has 114 valence electrons. The third-order valence-corrected chi connectivity index (χ3v) is 4.12. The molecule has 1 fully saturated rings. The quantitative estimate of drug-likeness (QED) is 0.775. The van der Waals surface area contributed by atoms with Gasteiger partial charge in [-0.3, -0.25) is 9.69 Å². The zero-order valence-electron chi connectivity index (χ0n) is 12.4. The molecule has 21 heavy (non-hydrogen) atoms. The number of nitrogens with zero attached hydrogens (tertiary/aromatic N) is 2. The van der Waals surface area contributed by atoms with Crippen LogP contribution < -0.4 is 0 Å². The van der Waals surface area contributed by atoms with Gasteiger partial charge in [-0.05, 0) is 18.4 Å². The molecule has 5 heteroatoms. The minimum atomic E-state index is -1.08. The summed E-state index contributed by atoms with van der Waals surface area (Å²) in [7, 11) is 0. The summed E-state index contributed by atoms with van der Waals surface area (Å²) in [6.07, 6.45) is 1.92. The smallest absolute Gasteiger partial charge is 0.331 e. The fourth-order valence-electron chi connectivity index (χ4n) is 2.99. The Balaban J connectivity index is 2.11. The van der Waals surface area contributed by atoms with E-state index in [4.69, 9.17) is 0 Å². The van der Waals surface area contributed by atoms with Crippen molar-refractivity contribution in [3.8, 4) is 0 Å². The summed E-state index contributed by atoms with van der Waals surface area (Å²) >= 11 is 0. The van der Waals surface area contributed by atoms with E-state index in [1.807, 2.05) is 37.3 Å². The number of hydrogen-bond acceptors (Lipinski definition) is 3. The summed E-state index contributed by atoms with van der Waals surface area (Å²) in [5.41, 5.74) is 0.0823. The number of aliphatic carboxylic acids is 1. The Morgan fingerprint density at radius 3 is 2.71 bits per heavy atom. The average Bonchev–Trinajstić information content (AvgIpc) is 2.91. The summed E-state index contributed by atoms with van der Waals surface area (Å²) in [6.45, 7) is 4.22. The van der Waals surface area contributed by atoms with Crippen molar-refractivity contribution in [2.75, 3.05) is 19.6 Å². The Kier molecular flexibility index (Phi) is 4.96. The highest BCUT2D eigenvalue weighted by molar-refractivity contribution is 5.82. The van der Waals surface area contributed by atoms with Crippen LogP contribution >= 0.6 is 0 Å². The summed E-state index contributed by atoms with van der Waals surface area (Å²) < 4.78 is 0. The molecule has 2 rings (SSSR count). The highest BCUT2D eigenvalue weighted by Gasteiger charge is 2.48. The van der Waals surface area contributed by atoms with E-state index in [2.05, 4.69) is 4.90 Å². The number of amides is 1. The lowest BCUT2D eigenvalue weighted by Gasteiger charge is -2.35. The second kappa shape index (κ2) is 6.72. The fourth-order valence-corrected chi connectivity index (χ4v) is 2.99. The normalized spacial score (nSPS) is 22.1. The lowest BCUT2D eigenvalue weighted by Crippen LogP contribution is -2.56. The van der Waals surface area contributed by atoms with E-state index in [-0.39, 0.29) is 0 Å². The van der Waals surface area contributed by atoms with Crippen LogP contribution in [0.3, 0.4) is 0 Å². The molecule has 1 aromatic carbocycles. The summed E-state index contributed by atoms with van der Waals surface area (Å²) in [5, 5.41) is 9.65. The molecule has 1 amide bonds. The molecule has 0 bridgehead atoms. The van der Waals surface area contributed by atoms with Gasteiger partial charge in [0.1, 0.15) is 0 Å². The second-order valence-electron chi connectivity index (χ2n) is 5.58. The Bertz CT molecular complexity index is 492. The van der Waals surface area contributed by atoms with Crippen molar-refractivity contribution >= 4 is 12.4 Å². The number of carbonyl (C=O) groups is 2. The van der Waals surface area contributed by atoms with Crippen molar-refractivity contribution in [2.24, 2.45) is 0 Å². The number of benzene rings is 1. The zero-order valence-corrected chi connectivity index (χ0v) is 12.4. The fraction of sp³-hybridized carbons (Fsp3) is 0.500. The highest BCUT2D eigenvalue weighted by Crippen LogP contribution is 2.29. The van der Waals surface area contributed by atoms with Gasteiger partial charge in [0.15, 0.2) is 5.54 Å². The first-order chi connectivity index (χ1) is 10.1. The summed E-state index contributed by atoms with van der Waals surface area (Å²) in [5.74, 6) is -0.904. The van der Waals surface area contributed by atoms with Gasteiger partial charge in [0, 0.05) is 26.2 Å². The molecule has 1 unspecified atom stereocenters. The summed E-state index contributed by atoms with van der Waals surface area (Å²) in [6, 6.07) is 9.98. The van der Waals surface area contributed by atoms with Crippen LogP contribution in [0, 0.1) is 0 Å². The minimum Gasteiger partial charge on any atom is -0.479 e. The van der Waals surface area contributed by atoms with Crippen LogP contribution in [0.5, 0.6) is 0 Å². The standard InChI is InChI=1S/C16H22N2O3/c1-2-9-18(13-19)16(15(20)21)8-10-17(12-16)11-14-6-4-3-5-7-14/h3-7,13H,2,8-12H2,1H3,(H,20,21). The minimum absolute atomic E-state index is 0.385. The van der Waals surface area contributed by atoms with E-state index in [1.165, 1.54) is 4.90 Å². The molecular weight excluding hydrogens is 268 g/mol. The molecule has 1 heterocycles. The van der Waals surface area contributed by atoms with Gasteiger partial charge in [-0.1, -0.05) is 37.3 Å². The van der Waals surface area contributed by atoms with Crippen LogP contribution in [-0.2, 0) is 16.1 Å². The van der Waals surface area contributed by atoms with Crippen LogP contribution in [0.2, 0.25) is 0 Å². The van der Waals surface area contributed by atoms with Crippen molar-refractivity contribution in [3.63, 3.8) is 0 Å². The molecule has 5 nitrogen and oxygen atoms in total. The van der Waals surface area contributed by atoms with E-state index in [9.17, 15) is 14.7 Å². The molecule has 0 aliphatic carbocycles. The van der Waals surface area contributed by atoms with Crippen LogP contribution in [0.4, 0.5) is 0 Å². The number of likely N-dealkylation sites (tertiary alicyclic amines) is 1. The van der Waals surface area contributed by atoms with Gasteiger partial charge >= 0.3 is 5.97 Å². The molecule has 1 N–H and O–H groups in total. The topological polar surface area (TPSA) is 60.9 Å². The van der Waals surface area contributed by atoms with E-state index >= 15 is 0 Å². The van der Waals surface area contributed by atoms with Gasteiger partial charge in [-0.25, -0.2) is 4.79 Å². The molecule has 1 aromatic rings. The van der Waals surface area contributed by atoms with Gasteiger partial charge < -0.3 is 10.0 Å². The molecule has 0 spiro atoms. The number of carbonyl (C=O) groups excluding carboxylic acids is 1. The number of hydrogen-bond donors (Lipinski definition) is 1. The Morgan fingerprint density at radius 2 is 2.14 bits per heavy atom. The number of carboxylic acid groups (broad SMARTS) is 1. The number of rotatable bonds is 7. The van der Waals surface area contributed by atoms with Crippen molar-refractivity contribution in [2.45, 2.75) is 31.8 Å². The van der Waals surface area contributed by atoms with E-state index in [0.717, 1.165) is 12.0 Å². The predicted molar refractivity (Wildman–Crippen MR) is 79.8 cm³/mol. The van der Waals surface area contributed by atoms with E-state index < -0.39 is 11.5 Å². The first-order valence-electron chi connectivity index (χ1n) is 7.34. The van der Waals surface area contributed by atoms with Crippen LogP contribution in [0.1, 0.15) is 25.3 Å². The monoisotopic (exact) mass is 290 g/mol. The lowest BCUT2D eigenvalue weighted by atomic mass is 9.96. The molecular formula is C16H22N2O3. The van der Waals surface area contributed by atoms with Gasteiger partial charge in [-0.15, -0.1) is 0 Å². The second-order valence-corrected chi connectivity index (χ2v) is 5.58. The van der Waals surface area contributed by atoms with Crippen molar-refractivity contribution in [1.29, 1.82) is 0 Å². The van der Waals surface area contributed by atoms with Gasteiger partial charge in [0.05, 0.1) is 0 Å². The zero-order chi connectivity index (χ0) is 15.3. The third-order valence-electron chi connectivity index (χ3n) is 4.12. The van der Waals surface area contributed by atoms with E-state index in [0.29, 0.717) is 39.0 Å². The third kappa shape index (κ3) is 3.24. The van der Waals surface area contributed by atoms with Gasteiger partial charge in [0.25, 0.3) is 0 Å². The maximum atomic E-state index is 11.8. The molecule has 0 saturated carbocycles. The Hall–Kier alpha value is -1.88. The largest absolute Gasteiger partial charge is 0.479 e. The highest BCUT2D eigenvalue weighted by atomic mass is 16.4. The van der Waals surface area contributed by atoms with Crippen molar-refractivity contribution in [3.05, 3.63) is 35.9 Å².